The Balaban J connectivity index is 1.73. The Hall–Kier alpha value is -4.04. The van der Waals surface area contributed by atoms with Crippen molar-refractivity contribution in [2.24, 2.45) is 4.99 Å². The molecule has 0 bridgehead atoms. The molecule has 0 radical (unpaired) electrons. The zero-order chi connectivity index (χ0) is 22.1. The molecule has 0 aromatic heterocycles. The monoisotopic (exact) mass is 435 g/mol. The number of nitrogens with one attached hydrogen (secondary N) is 1. The minimum Gasteiger partial charge on any atom is -0.422 e. The minimum atomic E-state index is -0.909. The lowest BCUT2D eigenvalue weighted by Crippen LogP contribution is -2.41. The van der Waals surface area contributed by atoms with Crippen molar-refractivity contribution in [2.45, 2.75) is 6.92 Å². The average molecular weight is 436 g/mol. The van der Waals surface area contributed by atoms with E-state index < -0.39 is 23.6 Å². The number of aliphatic imine (C=N–C) groups is 1. The number of Topliss-reactive ketones (excluding diaryl/α,β-unsaturated/α-hetero) is 1. The maximum absolute atomic E-state index is 13.0. The van der Waals surface area contributed by atoms with Gasteiger partial charge >= 0.3 is 5.97 Å². The second-order valence-electron chi connectivity index (χ2n) is 6.63. The van der Waals surface area contributed by atoms with Crippen LogP contribution in [0.1, 0.15) is 22.8 Å². The molecule has 31 heavy (non-hydrogen) atoms. The fourth-order valence-corrected chi connectivity index (χ4v) is 3.11. The van der Waals surface area contributed by atoms with Gasteiger partial charge in [0.1, 0.15) is 17.0 Å². The number of carbonyl (C=O) groups excluding carboxylic acids is 4. The molecule has 2 aromatic rings. The van der Waals surface area contributed by atoms with E-state index in [9.17, 15) is 19.2 Å². The third kappa shape index (κ3) is 4.01. The first-order chi connectivity index (χ1) is 14.8. The third-order valence-electron chi connectivity index (χ3n) is 4.41. The van der Waals surface area contributed by atoms with Crippen LogP contribution in [-0.2, 0) is 14.4 Å². The molecule has 154 valence electrons. The van der Waals surface area contributed by atoms with Gasteiger partial charge in [-0.15, -0.1) is 0 Å². The average Bonchev–Trinajstić information content (AvgIpc) is 3.00. The first-order valence-corrected chi connectivity index (χ1v) is 9.46. The van der Waals surface area contributed by atoms with Gasteiger partial charge in [0.15, 0.2) is 0 Å². The summed E-state index contributed by atoms with van der Waals surface area (Å²) >= 11 is 5.88. The number of carbonyl (C=O) groups is 4. The second kappa shape index (κ2) is 8.00. The summed E-state index contributed by atoms with van der Waals surface area (Å²) in [5.41, 5.74) is 0.475. The van der Waals surface area contributed by atoms with Crippen LogP contribution in [0.25, 0.3) is 6.08 Å². The van der Waals surface area contributed by atoms with Gasteiger partial charge in [0.25, 0.3) is 5.91 Å². The van der Waals surface area contributed by atoms with E-state index in [1.807, 2.05) is 0 Å². The molecule has 9 heteroatoms. The highest BCUT2D eigenvalue weighted by molar-refractivity contribution is 6.30. The highest BCUT2D eigenvalue weighted by Gasteiger charge is 2.35. The van der Waals surface area contributed by atoms with Crippen LogP contribution >= 0.6 is 11.6 Å². The molecule has 2 heterocycles. The highest BCUT2D eigenvalue weighted by atomic mass is 35.5. The minimum absolute atomic E-state index is 0.0000478. The molecule has 2 aliphatic rings. The first kappa shape index (κ1) is 20.2. The number of nitrogens with zero attached hydrogens (tertiary/aromatic N) is 2. The van der Waals surface area contributed by atoms with Gasteiger partial charge in [-0.25, -0.2) is 9.79 Å². The molecule has 8 nitrogen and oxygen atoms in total. The van der Waals surface area contributed by atoms with E-state index in [4.69, 9.17) is 16.3 Å². The summed E-state index contributed by atoms with van der Waals surface area (Å²) in [6.07, 6.45) is 2.52. The molecule has 0 saturated heterocycles. The summed E-state index contributed by atoms with van der Waals surface area (Å²) in [5.74, 6) is -2.62. The van der Waals surface area contributed by atoms with Gasteiger partial charge in [-0.2, -0.15) is 0 Å². The van der Waals surface area contributed by atoms with Crippen LogP contribution in [0, 0.1) is 0 Å². The summed E-state index contributed by atoms with van der Waals surface area (Å²) in [7, 11) is 0. The first-order valence-electron chi connectivity index (χ1n) is 9.08. The topological polar surface area (TPSA) is 105 Å². The number of amides is 2. The standard InChI is InChI=1S/C22H14ClN3O5/c1-12(27)24-22-25-17(10-13-6-8-14(23)9-7-13)20(29)26(22)11-16-19(28)15-4-2-3-5-18(15)31-21(16)30/h2-11H,1H3,(H,24,25,27)/b16-11+,17-10-. The molecule has 0 aliphatic carbocycles. The largest absolute Gasteiger partial charge is 0.422 e. The molecule has 4 rings (SSSR count). The molecule has 0 fully saturated rings. The lowest BCUT2D eigenvalue weighted by atomic mass is 10.0. The predicted octanol–water partition coefficient (Wildman–Crippen LogP) is 2.70. The quantitative estimate of drug-likeness (QED) is 0.338. The lowest BCUT2D eigenvalue weighted by Gasteiger charge is -2.19. The fourth-order valence-electron chi connectivity index (χ4n) is 2.99. The Labute approximate surface area is 181 Å². The zero-order valence-electron chi connectivity index (χ0n) is 16.1. The molecule has 0 spiro atoms. The summed E-state index contributed by atoms with van der Waals surface area (Å²) in [4.78, 5) is 54.8. The smallest absolute Gasteiger partial charge is 0.349 e. The van der Waals surface area contributed by atoms with Crippen LogP contribution in [0.3, 0.4) is 0 Å². The molecule has 0 unspecified atom stereocenters. The number of rotatable bonds is 2. The maximum atomic E-state index is 13.0. The summed E-state index contributed by atoms with van der Waals surface area (Å²) < 4.78 is 5.19. The van der Waals surface area contributed by atoms with E-state index in [1.54, 1.807) is 36.4 Å². The van der Waals surface area contributed by atoms with Crippen molar-refractivity contribution in [2.75, 3.05) is 0 Å². The third-order valence-corrected chi connectivity index (χ3v) is 4.66. The van der Waals surface area contributed by atoms with Crippen LogP contribution in [0.2, 0.25) is 5.02 Å². The van der Waals surface area contributed by atoms with E-state index in [1.165, 1.54) is 25.1 Å². The van der Waals surface area contributed by atoms with Gasteiger partial charge in [0.2, 0.25) is 17.6 Å². The van der Waals surface area contributed by atoms with Crippen molar-refractivity contribution in [3.05, 3.63) is 82.2 Å². The highest BCUT2D eigenvalue weighted by Crippen LogP contribution is 2.28. The van der Waals surface area contributed by atoms with E-state index in [-0.39, 0.29) is 28.5 Å². The van der Waals surface area contributed by atoms with Gasteiger partial charge in [-0.05, 0) is 35.9 Å². The van der Waals surface area contributed by atoms with Crippen molar-refractivity contribution < 1.29 is 23.9 Å². The second-order valence-corrected chi connectivity index (χ2v) is 7.07. The number of halogens is 1. The number of ether oxygens (including phenoxy) is 1. The maximum Gasteiger partial charge on any atom is 0.349 e. The number of ketones is 1. The number of para-hydroxylation sites is 1. The molecule has 2 aliphatic heterocycles. The van der Waals surface area contributed by atoms with Crippen molar-refractivity contribution in [1.82, 2.24) is 10.2 Å². The van der Waals surface area contributed by atoms with Crippen LogP contribution < -0.4 is 10.1 Å². The van der Waals surface area contributed by atoms with E-state index in [2.05, 4.69) is 10.3 Å². The van der Waals surface area contributed by atoms with Crippen molar-refractivity contribution >= 4 is 47.2 Å². The fraction of sp³-hybridized carbons (Fsp3) is 0.0455. The molecule has 1 N–H and O–H groups in total. The molecule has 0 saturated carbocycles. The van der Waals surface area contributed by atoms with Gasteiger partial charge in [-0.3, -0.25) is 24.6 Å². The number of fused-ring (bicyclic) bond motifs is 1. The van der Waals surface area contributed by atoms with Crippen LogP contribution in [0.4, 0.5) is 0 Å². The van der Waals surface area contributed by atoms with E-state index in [0.717, 1.165) is 11.1 Å². The summed E-state index contributed by atoms with van der Waals surface area (Å²) in [5, 5.41) is 2.96. The predicted molar refractivity (Wildman–Crippen MR) is 112 cm³/mol. The van der Waals surface area contributed by atoms with E-state index >= 15 is 0 Å². The van der Waals surface area contributed by atoms with Crippen LogP contribution in [0.5, 0.6) is 5.75 Å². The molecule has 2 amide bonds. The zero-order valence-corrected chi connectivity index (χ0v) is 16.8. The number of benzene rings is 2. The number of hydrogen-bond donors (Lipinski definition) is 1. The molecule has 2 aromatic carbocycles. The Morgan fingerprint density at radius 3 is 2.52 bits per heavy atom. The van der Waals surface area contributed by atoms with Gasteiger partial charge in [-0.1, -0.05) is 35.9 Å². The Morgan fingerprint density at radius 2 is 1.81 bits per heavy atom. The number of guanidine groups is 1. The van der Waals surface area contributed by atoms with Gasteiger partial charge in [0, 0.05) is 18.1 Å². The number of hydrogen-bond acceptors (Lipinski definition) is 6. The van der Waals surface area contributed by atoms with Crippen molar-refractivity contribution in [1.29, 1.82) is 0 Å². The SMILES string of the molecule is CC(=O)NC1=N/C(=C\c2ccc(Cl)cc2)C(=O)N1/C=C1/C(=O)Oc2ccccc2C1=O. The molecule has 0 atom stereocenters. The Morgan fingerprint density at radius 1 is 1.10 bits per heavy atom. The Bertz CT molecular complexity index is 1230. The van der Waals surface area contributed by atoms with Crippen LogP contribution in [-0.4, -0.2) is 34.4 Å². The Kier molecular flexibility index (Phi) is 5.22. The van der Waals surface area contributed by atoms with E-state index in [0.29, 0.717) is 10.6 Å². The van der Waals surface area contributed by atoms with Gasteiger partial charge in [0.05, 0.1) is 5.56 Å². The van der Waals surface area contributed by atoms with Crippen LogP contribution in [0.15, 0.2) is 71.0 Å². The van der Waals surface area contributed by atoms with Crippen molar-refractivity contribution in [3.8, 4) is 5.75 Å². The molecular weight excluding hydrogens is 422 g/mol. The van der Waals surface area contributed by atoms with Crippen molar-refractivity contribution in [3.63, 3.8) is 0 Å². The number of esters is 1. The van der Waals surface area contributed by atoms with Gasteiger partial charge < -0.3 is 4.74 Å². The summed E-state index contributed by atoms with van der Waals surface area (Å²) in [6.45, 7) is 1.25. The summed E-state index contributed by atoms with van der Waals surface area (Å²) in [6, 6.07) is 13.0. The lowest BCUT2D eigenvalue weighted by molar-refractivity contribution is -0.130. The normalized spacial score (nSPS) is 18.2. The molecular formula is C22H14ClN3O5.